The molecule has 13 rings (SSSR count). The van der Waals surface area contributed by atoms with Gasteiger partial charge in [0.25, 0.3) is 0 Å². The topological polar surface area (TPSA) is 35.1 Å². The molecule has 0 unspecified atom stereocenters. The lowest BCUT2D eigenvalue weighted by Crippen LogP contribution is -1.96. The Kier molecular flexibility index (Phi) is 5.74. The quantitative estimate of drug-likeness (QED) is 0.182. The Morgan fingerprint density at radius 1 is 0.418 bits per heavy atom. The fourth-order valence-electron chi connectivity index (χ4n) is 9.33. The number of thiophene rings is 1. The first kappa shape index (κ1) is 29.4. The maximum atomic E-state index is 5.25. The van der Waals surface area contributed by atoms with Gasteiger partial charge in [0.15, 0.2) is 5.82 Å². The minimum Gasteiger partial charge on any atom is -0.309 e. The largest absolute Gasteiger partial charge is 0.309 e. The molecule has 0 saturated heterocycles. The summed E-state index contributed by atoms with van der Waals surface area (Å²) >= 11 is 1.76. The van der Waals surface area contributed by atoms with Gasteiger partial charge in [-0.25, -0.2) is 9.97 Å². The monoisotopic (exact) mass is 716 g/mol. The van der Waals surface area contributed by atoms with Crippen molar-refractivity contribution in [3.63, 3.8) is 0 Å². The molecule has 0 saturated carbocycles. The van der Waals surface area contributed by atoms with Crippen LogP contribution in [-0.2, 0) is 0 Å². The zero-order valence-corrected chi connectivity index (χ0v) is 30.2. The van der Waals surface area contributed by atoms with Gasteiger partial charge in [-0.2, -0.15) is 0 Å². The van der Waals surface area contributed by atoms with Crippen LogP contribution in [0.1, 0.15) is 0 Å². The Balaban J connectivity index is 1.08. The summed E-state index contributed by atoms with van der Waals surface area (Å²) in [5.41, 5.74) is 11.4. The molecule has 0 bridgehead atoms. The fourth-order valence-corrected chi connectivity index (χ4v) is 10.5. The van der Waals surface area contributed by atoms with Gasteiger partial charge in [0.05, 0.1) is 43.5 Å². The molecule has 0 aliphatic heterocycles. The van der Waals surface area contributed by atoms with Gasteiger partial charge in [-0.05, 0) is 53.9 Å². The number of nitrogens with zero attached hydrogens (tertiary/aromatic N) is 4. The lowest BCUT2D eigenvalue weighted by Gasteiger charge is -2.11. The van der Waals surface area contributed by atoms with Gasteiger partial charge < -0.3 is 8.97 Å². The van der Waals surface area contributed by atoms with Crippen molar-refractivity contribution in [3.05, 3.63) is 170 Å². The first-order valence-electron chi connectivity index (χ1n) is 18.7. The molecule has 4 nitrogen and oxygen atoms in total. The summed E-state index contributed by atoms with van der Waals surface area (Å²) in [6, 6.07) is 61.5. The van der Waals surface area contributed by atoms with Crippen molar-refractivity contribution in [1.29, 1.82) is 0 Å². The van der Waals surface area contributed by atoms with E-state index in [-0.39, 0.29) is 0 Å². The van der Waals surface area contributed by atoms with Crippen LogP contribution in [0.25, 0.3) is 119 Å². The minimum absolute atomic E-state index is 0.731. The van der Waals surface area contributed by atoms with E-state index in [2.05, 4.69) is 179 Å². The number of benzene rings is 8. The molecular formula is C50H28N4S. The number of hydrogen-bond donors (Lipinski definition) is 0. The molecule has 0 radical (unpaired) electrons. The molecule has 5 heterocycles. The lowest BCUT2D eigenvalue weighted by molar-refractivity contribution is 1.18. The molecule has 0 spiro atoms. The van der Waals surface area contributed by atoms with Crippen molar-refractivity contribution >= 4 is 102 Å². The van der Waals surface area contributed by atoms with Crippen LogP contribution < -0.4 is 0 Å². The van der Waals surface area contributed by atoms with Crippen molar-refractivity contribution in [2.75, 3.05) is 0 Å². The highest BCUT2D eigenvalue weighted by Gasteiger charge is 2.23. The lowest BCUT2D eigenvalue weighted by atomic mass is 10.0. The predicted octanol–water partition coefficient (Wildman–Crippen LogP) is 13.6. The Morgan fingerprint density at radius 3 is 2.00 bits per heavy atom. The highest BCUT2D eigenvalue weighted by atomic mass is 32.1. The zero-order valence-electron chi connectivity index (χ0n) is 29.4. The molecule has 0 atom stereocenters. The molecule has 55 heavy (non-hydrogen) atoms. The number of fused-ring (bicyclic) bond motifs is 15. The third kappa shape index (κ3) is 3.89. The van der Waals surface area contributed by atoms with Crippen molar-refractivity contribution in [1.82, 2.24) is 18.9 Å². The van der Waals surface area contributed by atoms with Crippen LogP contribution in [0.5, 0.6) is 0 Å². The third-order valence-corrected chi connectivity index (χ3v) is 12.8. The molecular weight excluding hydrogens is 689 g/mol. The Hall–Kier alpha value is -7.08. The highest BCUT2D eigenvalue weighted by molar-refractivity contribution is 7.26. The molecule has 5 heteroatoms. The standard InChI is InChI=1S/C50H28N4S/c1-2-12-30(13-3-1)45-49-46(36-16-7-9-20-42(36)55-49)52-50(51-45)31-21-24-32(25-22-31)53-40-27-28-41-43(44(40)38-26-23-29-11-4-5-14-33(29)47(38)53)37-18-10-17-35-34-15-6-8-19-39(34)54(41)48(35)37/h1-28H. The average Bonchev–Trinajstić information content (AvgIpc) is 3.99. The maximum Gasteiger partial charge on any atom is 0.160 e. The van der Waals surface area contributed by atoms with Crippen LogP contribution in [0, 0.1) is 0 Å². The summed E-state index contributed by atoms with van der Waals surface area (Å²) in [4.78, 5) is 10.5. The summed E-state index contributed by atoms with van der Waals surface area (Å²) in [7, 11) is 0. The van der Waals surface area contributed by atoms with Crippen LogP contribution in [-0.4, -0.2) is 18.9 Å². The summed E-state index contributed by atoms with van der Waals surface area (Å²) in [5, 5.41) is 11.4. The summed E-state index contributed by atoms with van der Waals surface area (Å²) < 4.78 is 7.28. The minimum atomic E-state index is 0.731. The predicted molar refractivity (Wildman–Crippen MR) is 232 cm³/mol. The summed E-state index contributed by atoms with van der Waals surface area (Å²) in [5.74, 6) is 0.731. The zero-order chi connectivity index (χ0) is 35.8. The van der Waals surface area contributed by atoms with E-state index in [0.717, 1.165) is 38.5 Å². The molecule has 5 aromatic heterocycles. The number of hydrogen-bond acceptors (Lipinski definition) is 3. The molecule has 0 fully saturated rings. The molecule has 8 aromatic carbocycles. The van der Waals surface area contributed by atoms with E-state index in [4.69, 9.17) is 9.97 Å². The smallest absolute Gasteiger partial charge is 0.160 e. The van der Waals surface area contributed by atoms with Crippen LogP contribution >= 0.6 is 11.3 Å². The summed E-state index contributed by atoms with van der Waals surface area (Å²) in [6.07, 6.45) is 0. The number of para-hydroxylation sites is 2. The van der Waals surface area contributed by atoms with Gasteiger partial charge in [-0.15, -0.1) is 11.3 Å². The van der Waals surface area contributed by atoms with E-state index in [0.29, 0.717) is 0 Å². The summed E-state index contributed by atoms with van der Waals surface area (Å²) in [6.45, 7) is 0. The van der Waals surface area contributed by atoms with Crippen LogP contribution in [0.2, 0.25) is 0 Å². The van der Waals surface area contributed by atoms with E-state index in [1.165, 1.54) is 80.8 Å². The SMILES string of the molecule is c1ccc(-c2nc(-c3ccc(-n4c5ccc6c(c7cccc8c9ccccc9n6c87)c5c5ccc6ccccc6c54)cc3)nc3c2sc2ccccc23)cc1. The average molecular weight is 717 g/mol. The Bertz CT molecular complexity index is 3700. The molecule has 0 N–H and O–H groups in total. The third-order valence-electron chi connectivity index (χ3n) is 11.7. The second-order valence-corrected chi connectivity index (χ2v) is 15.6. The first-order chi connectivity index (χ1) is 27.3. The number of aromatic nitrogens is 4. The van der Waals surface area contributed by atoms with E-state index in [1.54, 1.807) is 11.3 Å². The Labute approximate surface area is 318 Å². The van der Waals surface area contributed by atoms with Crippen molar-refractivity contribution in [2.45, 2.75) is 0 Å². The van der Waals surface area contributed by atoms with E-state index in [1.807, 2.05) is 0 Å². The molecule has 13 aromatic rings. The normalized spacial score (nSPS) is 12.4. The molecule has 0 aliphatic carbocycles. The van der Waals surface area contributed by atoms with Crippen LogP contribution in [0.15, 0.2) is 170 Å². The molecule has 254 valence electrons. The highest BCUT2D eigenvalue weighted by Crippen LogP contribution is 2.46. The fraction of sp³-hybridized carbons (Fsp3) is 0. The maximum absolute atomic E-state index is 5.25. The van der Waals surface area contributed by atoms with E-state index in [9.17, 15) is 0 Å². The van der Waals surface area contributed by atoms with E-state index >= 15 is 0 Å². The first-order valence-corrected chi connectivity index (χ1v) is 19.5. The second-order valence-electron chi connectivity index (χ2n) is 14.5. The number of rotatable bonds is 3. The van der Waals surface area contributed by atoms with Crippen molar-refractivity contribution in [3.8, 4) is 28.3 Å². The molecule has 0 aliphatic rings. The Morgan fingerprint density at radius 2 is 1.11 bits per heavy atom. The van der Waals surface area contributed by atoms with E-state index < -0.39 is 0 Å². The van der Waals surface area contributed by atoms with Crippen LogP contribution in [0.4, 0.5) is 0 Å². The van der Waals surface area contributed by atoms with Crippen molar-refractivity contribution in [2.24, 2.45) is 0 Å². The van der Waals surface area contributed by atoms with Gasteiger partial charge in [0.1, 0.15) is 0 Å². The van der Waals surface area contributed by atoms with Gasteiger partial charge in [-0.3, -0.25) is 0 Å². The molecule has 0 amide bonds. The van der Waals surface area contributed by atoms with Crippen molar-refractivity contribution < 1.29 is 0 Å². The van der Waals surface area contributed by atoms with Gasteiger partial charge in [-0.1, -0.05) is 121 Å². The van der Waals surface area contributed by atoms with Gasteiger partial charge in [0, 0.05) is 64.6 Å². The van der Waals surface area contributed by atoms with Gasteiger partial charge in [0.2, 0.25) is 0 Å². The second kappa shape index (κ2) is 10.8. The van der Waals surface area contributed by atoms with Gasteiger partial charge >= 0.3 is 0 Å². The van der Waals surface area contributed by atoms with Crippen LogP contribution in [0.3, 0.4) is 0 Å².